The molecule has 0 aliphatic heterocycles. The van der Waals surface area contributed by atoms with E-state index in [-0.39, 0.29) is 35.1 Å². The number of ether oxygens (including phenoxy) is 1. The van der Waals surface area contributed by atoms with Crippen molar-refractivity contribution in [3.63, 3.8) is 0 Å². The van der Waals surface area contributed by atoms with Crippen molar-refractivity contribution in [3.8, 4) is 22.5 Å². The molecule has 1 N–H and O–H groups in total. The van der Waals surface area contributed by atoms with Crippen LogP contribution in [0, 0.1) is 0 Å². The van der Waals surface area contributed by atoms with E-state index < -0.39 is 5.97 Å². The molecule has 8 nitrogen and oxygen atoms in total. The number of rotatable bonds is 8. The summed E-state index contributed by atoms with van der Waals surface area (Å²) in [6, 6.07) is 19.0. The topological polar surface area (TPSA) is 103 Å². The Bertz CT molecular complexity index is 1300. The number of nitrogens with zero attached hydrogens (tertiary/aromatic N) is 4. The molecule has 1 radical (unpaired) electrons. The van der Waals surface area contributed by atoms with Crippen LogP contribution in [0.4, 0.5) is 0 Å². The summed E-state index contributed by atoms with van der Waals surface area (Å²) in [6.45, 7) is 2.52. The van der Waals surface area contributed by atoms with Gasteiger partial charge in [-0.1, -0.05) is 61.9 Å². The maximum atomic E-state index is 12.8. The van der Waals surface area contributed by atoms with Gasteiger partial charge in [0.2, 0.25) is 5.82 Å². The number of benzene rings is 2. The van der Waals surface area contributed by atoms with Gasteiger partial charge in [0.15, 0.2) is 0 Å². The van der Waals surface area contributed by atoms with E-state index in [0.29, 0.717) is 24.4 Å². The first-order chi connectivity index (χ1) is 16.1. The molecule has 0 saturated carbocycles. The second-order valence-corrected chi connectivity index (χ2v) is 7.73. The third-order valence-corrected chi connectivity index (χ3v) is 5.54. The zero-order valence-electron chi connectivity index (χ0n) is 19.6. The second-order valence-electron chi connectivity index (χ2n) is 7.73. The zero-order chi connectivity index (χ0) is 23.2. The van der Waals surface area contributed by atoms with Crippen molar-refractivity contribution in [2.24, 2.45) is 0 Å². The summed E-state index contributed by atoms with van der Waals surface area (Å²) >= 11 is 0. The van der Waals surface area contributed by atoms with Crippen LogP contribution in [0.2, 0.25) is 0 Å². The summed E-state index contributed by atoms with van der Waals surface area (Å²) in [4.78, 5) is 24.8. The molecular weight excluding hydrogens is 441 g/mol. The fraction of sp³-hybridized carbons (Fsp3) is 0.240. The van der Waals surface area contributed by atoms with E-state index in [1.807, 2.05) is 48.5 Å². The summed E-state index contributed by atoms with van der Waals surface area (Å²) in [6.07, 6.45) is 2.63. The molecule has 4 aromatic rings. The molecule has 0 spiro atoms. The van der Waals surface area contributed by atoms with Gasteiger partial charge in [-0.3, -0.25) is 4.79 Å². The number of H-pyrrole nitrogens is 1. The van der Waals surface area contributed by atoms with Crippen LogP contribution in [0.1, 0.15) is 41.4 Å². The van der Waals surface area contributed by atoms with Gasteiger partial charge >= 0.3 is 5.97 Å². The normalized spacial score (nSPS) is 10.5. The van der Waals surface area contributed by atoms with Crippen molar-refractivity contribution >= 4 is 35.5 Å². The van der Waals surface area contributed by atoms with Crippen LogP contribution < -0.4 is 5.56 Å². The van der Waals surface area contributed by atoms with E-state index in [1.165, 1.54) is 13.2 Å². The maximum Gasteiger partial charge on any atom is 0.338 e. The van der Waals surface area contributed by atoms with Gasteiger partial charge in [0.25, 0.3) is 5.56 Å². The second kappa shape index (κ2) is 11.9. The van der Waals surface area contributed by atoms with Gasteiger partial charge < -0.3 is 9.30 Å². The first-order valence-electron chi connectivity index (χ1n) is 10.8. The number of methoxy groups -OCH3 is 1. The molecule has 0 saturated heterocycles. The third kappa shape index (κ3) is 5.70. The minimum absolute atomic E-state index is 0. The van der Waals surface area contributed by atoms with Crippen LogP contribution in [0.3, 0.4) is 0 Å². The molecule has 0 aliphatic rings. The van der Waals surface area contributed by atoms with Crippen LogP contribution in [-0.4, -0.2) is 67.8 Å². The van der Waals surface area contributed by atoms with Gasteiger partial charge in [0.1, 0.15) is 0 Å². The predicted molar refractivity (Wildman–Crippen MR) is 131 cm³/mol. The number of aryl methyl sites for hydroxylation is 1. The van der Waals surface area contributed by atoms with Crippen LogP contribution >= 0.6 is 0 Å². The Morgan fingerprint density at radius 2 is 1.79 bits per heavy atom. The molecule has 2 aromatic carbocycles. The summed E-state index contributed by atoms with van der Waals surface area (Å²) in [5.74, 6) is 0.0362. The Morgan fingerprint density at radius 3 is 2.44 bits per heavy atom. The molecule has 169 valence electrons. The van der Waals surface area contributed by atoms with E-state index in [9.17, 15) is 9.59 Å². The number of tetrazole rings is 1. The van der Waals surface area contributed by atoms with Gasteiger partial charge in [-0.2, -0.15) is 5.21 Å². The largest absolute Gasteiger partial charge is 0.465 e. The Hall–Kier alpha value is -3.07. The van der Waals surface area contributed by atoms with Crippen molar-refractivity contribution < 1.29 is 9.53 Å². The van der Waals surface area contributed by atoms with Crippen molar-refractivity contribution in [1.29, 1.82) is 0 Å². The van der Waals surface area contributed by atoms with E-state index in [2.05, 4.69) is 27.5 Å². The molecule has 0 bridgehead atoms. The molecule has 0 fully saturated rings. The Morgan fingerprint density at radius 1 is 1.06 bits per heavy atom. The molecule has 0 atom stereocenters. The number of hydrogen-bond donors (Lipinski definition) is 1. The quantitative estimate of drug-likeness (QED) is 0.315. The number of pyridine rings is 1. The number of unbranched alkanes of at least 4 members (excludes halogenated alkanes) is 1. The minimum atomic E-state index is -0.499. The summed E-state index contributed by atoms with van der Waals surface area (Å²) < 4.78 is 6.53. The van der Waals surface area contributed by atoms with Gasteiger partial charge in [-0.15, -0.1) is 10.2 Å². The van der Waals surface area contributed by atoms with Crippen LogP contribution in [0.25, 0.3) is 22.5 Å². The van der Waals surface area contributed by atoms with Crippen molar-refractivity contribution in [2.75, 3.05) is 7.11 Å². The Balaban J connectivity index is 0.00000324. The van der Waals surface area contributed by atoms with Crippen LogP contribution in [-0.2, 0) is 17.7 Å². The van der Waals surface area contributed by atoms with Crippen molar-refractivity contribution in [3.05, 3.63) is 87.8 Å². The van der Waals surface area contributed by atoms with Gasteiger partial charge in [-0.05, 0) is 40.8 Å². The van der Waals surface area contributed by atoms with Gasteiger partial charge in [0, 0.05) is 46.9 Å². The van der Waals surface area contributed by atoms with Gasteiger partial charge in [-0.25, -0.2) is 4.79 Å². The number of aromatic nitrogens is 5. The Kier molecular flexibility index (Phi) is 8.92. The van der Waals surface area contributed by atoms with E-state index in [1.54, 1.807) is 10.6 Å². The van der Waals surface area contributed by atoms with Crippen LogP contribution in [0.5, 0.6) is 0 Å². The first kappa shape index (κ1) is 25.6. The fourth-order valence-corrected chi connectivity index (χ4v) is 3.81. The maximum absolute atomic E-state index is 12.8. The number of esters is 1. The first-order valence-corrected chi connectivity index (χ1v) is 10.8. The summed E-state index contributed by atoms with van der Waals surface area (Å²) in [5, 5.41) is 14.3. The third-order valence-electron chi connectivity index (χ3n) is 5.54. The number of aromatic amines is 1. The SMILES string of the molecule is CCCCc1cc(C(=O)OC)cc(=O)n1Cc1ccc(-c2ccccc2-c2nn[nH]n2)cc1.[Na]. The van der Waals surface area contributed by atoms with Crippen molar-refractivity contribution in [2.45, 2.75) is 32.7 Å². The van der Waals surface area contributed by atoms with E-state index in [0.717, 1.165) is 40.8 Å². The molecule has 34 heavy (non-hydrogen) atoms. The average Bonchev–Trinajstić information content (AvgIpc) is 3.39. The molecule has 0 unspecified atom stereocenters. The standard InChI is InChI=1S/C25H25N5O3.Na/c1-3-4-7-20-14-19(25(32)33-2)15-23(31)30(20)16-17-10-12-18(13-11-17)21-8-5-6-9-22(21)24-26-28-29-27-24;/h5-6,8-15H,3-4,7,16H2,1-2H3,(H,26,27,28,29);. The summed E-state index contributed by atoms with van der Waals surface area (Å²) in [7, 11) is 1.32. The van der Waals surface area contributed by atoms with E-state index >= 15 is 0 Å². The monoisotopic (exact) mass is 466 g/mol. The predicted octanol–water partition coefficient (Wildman–Crippen LogP) is 3.49. The number of carbonyl (C=O) groups is 1. The molecule has 2 heterocycles. The molecule has 0 amide bonds. The molecule has 2 aromatic heterocycles. The van der Waals surface area contributed by atoms with Gasteiger partial charge in [0.05, 0.1) is 19.2 Å². The molecule has 9 heteroatoms. The number of nitrogens with one attached hydrogen (secondary N) is 1. The molecule has 4 rings (SSSR count). The summed E-state index contributed by atoms with van der Waals surface area (Å²) in [5.41, 5.74) is 4.79. The molecular formula is C25H25N5NaO3. The zero-order valence-corrected chi connectivity index (χ0v) is 21.6. The van der Waals surface area contributed by atoms with E-state index in [4.69, 9.17) is 4.74 Å². The number of hydrogen-bond acceptors (Lipinski definition) is 6. The number of carbonyl (C=O) groups excluding carboxylic acids is 1. The fourth-order valence-electron chi connectivity index (χ4n) is 3.81. The van der Waals surface area contributed by atoms with Crippen LogP contribution in [0.15, 0.2) is 65.5 Å². The smallest absolute Gasteiger partial charge is 0.338 e. The molecule has 0 aliphatic carbocycles. The van der Waals surface area contributed by atoms with Crippen molar-refractivity contribution in [1.82, 2.24) is 25.2 Å². The minimum Gasteiger partial charge on any atom is -0.465 e. The average molecular weight is 466 g/mol. The Labute approximate surface area is 219 Å².